The molecule has 5 nitrogen and oxygen atoms in total. The Bertz CT molecular complexity index is 876. The molecular formula is C20H19N3O2. The fourth-order valence-electron chi connectivity index (χ4n) is 2.42. The number of hydrogen-bond acceptors (Lipinski definition) is 4. The Morgan fingerprint density at radius 2 is 1.88 bits per heavy atom. The van der Waals surface area contributed by atoms with Crippen LogP contribution in [0.3, 0.4) is 0 Å². The van der Waals surface area contributed by atoms with Gasteiger partial charge in [-0.25, -0.2) is 4.98 Å². The van der Waals surface area contributed by atoms with Gasteiger partial charge in [-0.15, -0.1) is 0 Å². The Kier molecular flexibility index (Phi) is 4.95. The van der Waals surface area contributed by atoms with E-state index in [0.717, 1.165) is 22.7 Å². The molecule has 0 aliphatic heterocycles. The first-order valence-corrected chi connectivity index (χ1v) is 7.90. The molecule has 0 spiro atoms. The number of carbonyl (C=O) groups is 1. The number of nitrogens with zero attached hydrogens (tertiary/aromatic N) is 1. The van der Waals surface area contributed by atoms with Crippen molar-refractivity contribution in [3.63, 3.8) is 0 Å². The number of carbonyl (C=O) groups excluding carboxylic acids is 1. The van der Waals surface area contributed by atoms with Gasteiger partial charge in [0.15, 0.2) is 0 Å². The van der Waals surface area contributed by atoms with Crippen LogP contribution in [0.2, 0.25) is 0 Å². The van der Waals surface area contributed by atoms with Crippen LogP contribution in [0, 0.1) is 6.92 Å². The van der Waals surface area contributed by atoms with Crippen LogP contribution in [0.5, 0.6) is 5.75 Å². The van der Waals surface area contributed by atoms with Crippen LogP contribution in [0.1, 0.15) is 15.9 Å². The highest BCUT2D eigenvalue weighted by atomic mass is 16.5. The zero-order valence-electron chi connectivity index (χ0n) is 14.1. The third-order valence-corrected chi connectivity index (χ3v) is 3.67. The number of hydrogen-bond donors (Lipinski definition) is 2. The maximum Gasteiger partial charge on any atom is 0.256 e. The molecule has 1 aromatic heterocycles. The van der Waals surface area contributed by atoms with Gasteiger partial charge in [0.25, 0.3) is 5.91 Å². The van der Waals surface area contributed by atoms with Gasteiger partial charge in [0.2, 0.25) is 0 Å². The van der Waals surface area contributed by atoms with E-state index in [0.29, 0.717) is 11.4 Å². The van der Waals surface area contributed by atoms with Crippen LogP contribution >= 0.6 is 0 Å². The molecule has 25 heavy (non-hydrogen) atoms. The van der Waals surface area contributed by atoms with Crippen LogP contribution in [0.15, 0.2) is 66.9 Å². The average Bonchev–Trinajstić information content (AvgIpc) is 2.64. The number of ether oxygens (including phenoxy) is 1. The summed E-state index contributed by atoms with van der Waals surface area (Å²) >= 11 is 0. The van der Waals surface area contributed by atoms with Gasteiger partial charge in [0.1, 0.15) is 11.6 Å². The van der Waals surface area contributed by atoms with E-state index < -0.39 is 0 Å². The van der Waals surface area contributed by atoms with Gasteiger partial charge in [-0.3, -0.25) is 4.79 Å². The zero-order chi connectivity index (χ0) is 17.6. The minimum Gasteiger partial charge on any atom is -0.495 e. The van der Waals surface area contributed by atoms with Crippen LogP contribution in [0.4, 0.5) is 17.2 Å². The number of rotatable bonds is 5. The lowest BCUT2D eigenvalue weighted by molar-refractivity contribution is 0.102. The summed E-state index contributed by atoms with van der Waals surface area (Å²) in [5.41, 5.74) is 3.30. The van der Waals surface area contributed by atoms with Gasteiger partial charge in [0.05, 0.1) is 24.7 Å². The maximum absolute atomic E-state index is 12.2. The quantitative estimate of drug-likeness (QED) is 0.727. The molecule has 5 heteroatoms. The monoisotopic (exact) mass is 333 g/mol. The second-order valence-corrected chi connectivity index (χ2v) is 5.58. The van der Waals surface area contributed by atoms with Gasteiger partial charge >= 0.3 is 0 Å². The number of aromatic nitrogens is 1. The van der Waals surface area contributed by atoms with Crippen molar-refractivity contribution in [2.24, 2.45) is 0 Å². The molecule has 0 saturated carbocycles. The Balaban J connectivity index is 1.69. The lowest BCUT2D eigenvalue weighted by Crippen LogP contribution is -2.13. The fraction of sp³-hybridized carbons (Fsp3) is 0.100. The molecule has 0 bridgehead atoms. The van der Waals surface area contributed by atoms with Crippen molar-refractivity contribution >= 4 is 23.1 Å². The Labute approximate surface area is 146 Å². The van der Waals surface area contributed by atoms with Crippen molar-refractivity contribution in [2.45, 2.75) is 6.92 Å². The van der Waals surface area contributed by atoms with E-state index in [9.17, 15) is 4.79 Å². The second kappa shape index (κ2) is 7.49. The van der Waals surface area contributed by atoms with Crippen molar-refractivity contribution < 1.29 is 9.53 Å². The van der Waals surface area contributed by atoms with E-state index in [1.54, 1.807) is 25.4 Å². The molecule has 1 heterocycles. The first kappa shape index (κ1) is 16.5. The van der Waals surface area contributed by atoms with E-state index in [2.05, 4.69) is 15.6 Å². The summed E-state index contributed by atoms with van der Waals surface area (Å²) in [5, 5.41) is 6.04. The smallest absolute Gasteiger partial charge is 0.256 e. The molecule has 3 rings (SSSR count). The summed E-state index contributed by atoms with van der Waals surface area (Å²) in [6.45, 7) is 1.95. The lowest BCUT2D eigenvalue weighted by atomic mass is 10.1. The number of amides is 1. The normalized spacial score (nSPS) is 10.2. The average molecular weight is 333 g/mol. The summed E-state index contributed by atoms with van der Waals surface area (Å²) in [7, 11) is 1.63. The number of para-hydroxylation sites is 2. The minimum absolute atomic E-state index is 0.179. The molecule has 1 amide bonds. The van der Waals surface area contributed by atoms with Gasteiger partial charge < -0.3 is 15.4 Å². The summed E-state index contributed by atoms with van der Waals surface area (Å²) in [6, 6.07) is 18.7. The van der Waals surface area contributed by atoms with Crippen LogP contribution in [0.25, 0.3) is 0 Å². The first-order chi connectivity index (χ1) is 12.2. The molecule has 126 valence electrons. The number of benzene rings is 2. The number of nitrogens with one attached hydrogen (secondary N) is 2. The molecule has 0 saturated heterocycles. The number of pyridine rings is 1. The van der Waals surface area contributed by atoms with Gasteiger partial charge in [-0.1, -0.05) is 29.8 Å². The Hall–Kier alpha value is -3.34. The topological polar surface area (TPSA) is 63.2 Å². The third kappa shape index (κ3) is 4.14. The van der Waals surface area contributed by atoms with Crippen LogP contribution in [-0.4, -0.2) is 18.0 Å². The zero-order valence-corrected chi connectivity index (χ0v) is 14.1. The molecule has 0 atom stereocenters. The van der Waals surface area contributed by atoms with E-state index in [1.165, 1.54) is 0 Å². The summed E-state index contributed by atoms with van der Waals surface area (Å²) in [6.07, 6.45) is 1.66. The SMILES string of the molecule is COc1ccccc1Nc1ccc(NC(=O)c2cccc(C)c2)nc1. The highest BCUT2D eigenvalue weighted by molar-refractivity contribution is 6.03. The predicted octanol–water partition coefficient (Wildman–Crippen LogP) is 4.39. The largest absolute Gasteiger partial charge is 0.495 e. The fourth-order valence-corrected chi connectivity index (χ4v) is 2.42. The molecule has 0 fully saturated rings. The third-order valence-electron chi connectivity index (χ3n) is 3.67. The van der Waals surface area contributed by atoms with Crippen molar-refractivity contribution in [1.82, 2.24) is 4.98 Å². The second-order valence-electron chi connectivity index (χ2n) is 5.58. The van der Waals surface area contributed by atoms with Gasteiger partial charge in [0, 0.05) is 5.56 Å². The van der Waals surface area contributed by atoms with Crippen molar-refractivity contribution in [3.8, 4) is 5.75 Å². The summed E-state index contributed by atoms with van der Waals surface area (Å²) in [4.78, 5) is 16.5. The molecule has 0 radical (unpaired) electrons. The highest BCUT2D eigenvalue weighted by Gasteiger charge is 2.07. The van der Waals surface area contributed by atoms with E-state index >= 15 is 0 Å². The van der Waals surface area contributed by atoms with Gasteiger partial charge in [-0.2, -0.15) is 0 Å². The number of anilines is 3. The molecule has 2 aromatic carbocycles. The molecule has 3 aromatic rings. The van der Waals surface area contributed by atoms with E-state index in [4.69, 9.17) is 4.74 Å². The highest BCUT2D eigenvalue weighted by Crippen LogP contribution is 2.26. The Morgan fingerprint density at radius 1 is 1.04 bits per heavy atom. The number of aryl methyl sites for hydroxylation is 1. The van der Waals surface area contributed by atoms with E-state index in [1.807, 2.05) is 55.5 Å². The van der Waals surface area contributed by atoms with Crippen molar-refractivity contribution in [3.05, 3.63) is 78.0 Å². The first-order valence-electron chi connectivity index (χ1n) is 7.90. The standard InChI is InChI=1S/C20H19N3O2/c1-14-6-5-7-15(12-14)20(24)23-19-11-10-16(13-21-19)22-17-8-3-4-9-18(17)25-2/h3-13,22H,1-2H3,(H,21,23,24). The lowest BCUT2D eigenvalue weighted by Gasteiger charge is -2.11. The molecule has 2 N–H and O–H groups in total. The molecule has 0 aliphatic rings. The molecule has 0 aliphatic carbocycles. The molecular weight excluding hydrogens is 314 g/mol. The van der Waals surface area contributed by atoms with Crippen LogP contribution in [-0.2, 0) is 0 Å². The summed E-state index contributed by atoms with van der Waals surface area (Å²) in [5.74, 6) is 1.07. The van der Waals surface area contributed by atoms with E-state index in [-0.39, 0.29) is 5.91 Å². The number of methoxy groups -OCH3 is 1. The summed E-state index contributed by atoms with van der Waals surface area (Å²) < 4.78 is 5.31. The van der Waals surface area contributed by atoms with Gasteiger partial charge in [-0.05, 0) is 43.3 Å². The van der Waals surface area contributed by atoms with Crippen LogP contribution < -0.4 is 15.4 Å². The predicted molar refractivity (Wildman–Crippen MR) is 99.6 cm³/mol. The van der Waals surface area contributed by atoms with Crippen molar-refractivity contribution in [1.29, 1.82) is 0 Å². The van der Waals surface area contributed by atoms with Crippen molar-refractivity contribution in [2.75, 3.05) is 17.7 Å². The maximum atomic E-state index is 12.2. The Morgan fingerprint density at radius 3 is 2.60 bits per heavy atom. The molecule has 0 unspecified atom stereocenters. The minimum atomic E-state index is -0.179.